The van der Waals surface area contributed by atoms with Crippen molar-refractivity contribution in [2.75, 3.05) is 18.9 Å². The number of nitrogens with one attached hydrogen (secondary N) is 1. The molecule has 2 N–H and O–H groups in total. The first-order chi connectivity index (χ1) is 9.04. The molecule has 0 radical (unpaired) electrons. The molecule has 20 heavy (non-hydrogen) atoms. The summed E-state index contributed by atoms with van der Waals surface area (Å²) in [5, 5.41) is 11.1. The van der Waals surface area contributed by atoms with Gasteiger partial charge in [-0.15, -0.1) is 0 Å². The van der Waals surface area contributed by atoms with E-state index in [2.05, 4.69) is 5.32 Å². The molecule has 0 atom stereocenters. The lowest BCUT2D eigenvalue weighted by atomic mass is 9.89. The predicted octanol–water partition coefficient (Wildman–Crippen LogP) is 0.750. The maximum Gasteiger partial charge on any atom is 0.303 e. The minimum Gasteiger partial charge on any atom is -0.481 e. The van der Waals surface area contributed by atoms with Crippen LogP contribution in [0.5, 0.6) is 0 Å². The van der Waals surface area contributed by atoms with E-state index in [1.54, 1.807) is 13.8 Å². The van der Waals surface area contributed by atoms with Gasteiger partial charge in [0.25, 0.3) is 10.1 Å². The molecular weight excluding hydrogens is 286 g/mol. The number of rotatable bonds is 10. The van der Waals surface area contributed by atoms with Gasteiger partial charge in [-0.3, -0.25) is 13.8 Å². The van der Waals surface area contributed by atoms with Crippen molar-refractivity contribution in [3.05, 3.63) is 0 Å². The number of carbonyl (C=O) groups is 2. The maximum absolute atomic E-state index is 11.6. The second kappa shape index (κ2) is 8.21. The maximum atomic E-state index is 11.6. The summed E-state index contributed by atoms with van der Waals surface area (Å²) in [5.74, 6) is -1.31. The lowest BCUT2D eigenvalue weighted by molar-refractivity contribution is -0.137. The highest BCUT2D eigenvalue weighted by molar-refractivity contribution is 7.86. The number of carboxylic acid groups (broad SMARTS) is 1. The van der Waals surface area contributed by atoms with Crippen LogP contribution in [0.25, 0.3) is 0 Å². The third-order valence-corrected chi connectivity index (χ3v) is 3.86. The van der Waals surface area contributed by atoms with Crippen LogP contribution in [0.1, 0.15) is 40.0 Å². The van der Waals surface area contributed by atoms with Gasteiger partial charge in [0.2, 0.25) is 5.91 Å². The van der Waals surface area contributed by atoms with Gasteiger partial charge in [-0.25, -0.2) is 0 Å². The first-order valence-corrected chi connectivity index (χ1v) is 7.95. The Labute approximate surface area is 119 Å². The van der Waals surface area contributed by atoms with Crippen LogP contribution in [0, 0.1) is 5.41 Å². The van der Waals surface area contributed by atoms with Gasteiger partial charge in [0.1, 0.15) is 0 Å². The van der Waals surface area contributed by atoms with Crippen molar-refractivity contribution in [1.29, 1.82) is 0 Å². The lowest BCUT2D eigenvalue weighted by Gasteiger charge is -2.23. The summed E-state index contributed by atoms with van der Waals surface area (Å²) in [4.78, 5) is 21.1. The van der Waals surface area contributed by atoms with Crippen molar-refractivity contribution >= 4 is 22.0 Å². The fraction of sp³-hybridized carbons (Fsp3) is 0.833. The molecule has 0 fully saturated rings. The molecule has 0 saturated heterocycles. The van der Waals surface area contributed by atoms with Crippen molar-refractivity contribution in [3.63, 3.8) is 0 Å². The zero-order valence-corrected chi connectivity index (χ0v) is 13.0. The summed E-state index contributed by atoms with van der Waals surface area (Å²) in [7, 11) is -3.65. The molecule has 0 rings (SSSR count). The second-order valence-electron chi connectivity index (χ2n) is 5.42. The number of carbonyl (C=O) groups excluding carboxylic acids is 1. The van der Waals surface area contributed by atoms with Gasteiger partial charge >= 0.3 is 5.97 Å². The molecule has 0 aliphatic heterocycles. The smallest absolute Gasteiger partial charge is 0.303 e. The number of hydrogen-bond donors (Lipinski definition) is 2. The van der Waals surface area contributed by atoms with E-state index in [0.29, 0.717) is 6.42 Å². The Morgan fingerprint density at radius 3 is 2.40 bits per heavy atom. The fourth-order valence-electron chi connectivity index (χ4n) is 1.34. The average Bonchev–Trinajstić information content (AvgIpc) is 2.30. The molecule has 0 spiro atoms. The average molecular weight is 309 g/mol. The van der Waals surface area contributed by atoms with Crippen LogP contribution >= 0.6 is 0 Å². The molecule has 1 amide bonds. The summed E-state index contributed by atoms with van der Waals surface area (Å²) in [6.45, 7) is 5.09. The van der Waals surface area contributed by atoms with E-state index < -0.39 is 21.5 Å². The van der Waals surface area contributed by atoms with Crippen molar-refractivity contribution in [3.8, 4) is 0 Å². The van der Waals surface area contributed by atoms with E-state index in [-0.39, 0.29) is 37.7 Å². The zero-order chi connectivity index (χ0) is 15.8. The highest BCUT2D eigenvalue weighted by Gasteiger charge is 2.23. The molecule has 0 saturated carbocycles. The summed E-state index contributed by atoms with van der Waals surface area (Å²) in [6.07, 6.45) is 0.583. The molecule has 8 heteroatoms. The molecule has 118 valence electrons. The molecule has 7 nitrogen and oxygen atoms in total. The number of aliphatic carboxylic acids is 1. The molecule has 0 aliphatic rings. The topological polar surface area (TPSA) is 110 Å². The fourth-order valence-corrected chi connectivity index (χ4v) is 2.45. The molecule has 0 bridgehead atoms. The number of carboxylic acids is 1. The Balaban J connectivity index is 4.07. The van der Waals surface area contributed by atoms with E-state index in [1.807, 2.05) is 0 Å². The van der Waals surface area contributed by atoms with Crippen LogP contribution in [0.15, 0.2) is 0 Å². The minimum atomic E-state index is -3.65. The molecule has 0 aliphatic carbocycles. The molecule has 0 aromatic carbocycles. The van der Waals surface area contributed by atoms with Crippen molar-refractivity contribution < 1.29 is 27.3 Å². The monoisotopic (exact) mass is 309 g/mol. The molecule has 0 aromatic rings. The minimum absolute atomic E-state index is 0.0288. The Kier molecular flexibility index (Phi) is 7.74. The normalized spacial score (nSPS) is 12.2. The van der Waals surface area contributed by atoms with Crippen LogP contribution in [0.4, 0.5) is 0 Å². The zero-order valence-electron chi connectivity index (χ0n) is 12.1. The van der Waals surface area contributed by atoms with Crippen LogP contribution < -0.4 is 5.32 Å². The first kappa shape index (κ1) is 18.9. The number of hydrogen-bond acceptors (Lipinski definition) is 5. The molecule has 0 unspecified atom stereocenters. The van der Waals surface area contributed by atoms with Gasteiger partial charge in [0, 0.05) is 19.9 Å². The van der Waals surface area contributed by atoms with E-state index in [9.17, 15) is 18.0 Å². The molecule has 0 aromatic heterocycles. The molecular formula is C12H23NO6S. The van der Waals surface area contributed by atoms with Crippen LogP contribution in [-0.2, 0) is 23.9 Å². The molecule has 0 heterocycles. The lowest BCUT2D eigenvalue weighted by Crippen LogP contribution is -2.26. The summed E-state index contributed by atoms with van der Waals surface area (Å²) in [5.41, 5.74) is -0.525. The van der Waals surface area contributed by atoms with Crippen LogP contribution in [0.2, 0.25) is 0 Å². The van der Waals surface area contributed by atoms with Gasteiger partial charge in [0.05, 0.1) is 12.4 Å². The Bertz CT molecular complexity index is 429. The van der Waals surface area contributed by atoms with Gasteiger partial charge < -0.3 is 10.4 Å². The predicted molar refractivity (Wildman–Crippen MR) is 73.7 cm³/mol. The van der Waals surface area contributed by atoms with Crippen molar-refractivity contribution in [2.45, 2.75) is 40.0 Å². The second-order valence-corrected chi connectivity index (χ2v) is 7.18. The SMILES string of the molecule is CC(=O)NCCCS(=O)(=O)OCC(C)(C)CCC(=O)O. The van der Waals surface area contributed by atoms with E-state index in [1.165, 1.54) is 6.92 Å². The van der Waals surface area contributed by atoms with Crippen molar-refractivity contribution in [2.24, 2.45) is 5.41 Å². The largest absolute Gasteiger partial charge is 0.481 e. The summed E-state index contributed by atoms with van der Waals surface area (Å²) < 4.78 is 28.1. The van der Waals surface area contributed by atoms with Gasteiger partial charge in [0.15, 0.2) is 0 Å². The quantitative estimate of drug-likeness (QED) is 0.455. The highest BCUT2D eigenvalue weighted by Crippen LogP contribution is 2.23. The third-order valence-electron chi connectivity index (χ3n) is 2.59. The van der Waals surface area contributed by atoms with Gasteiger partial charge in [-0.2, -0.15) is 8.42 Å². The van der Waals surface area contributed by atoms with E-state index in [0.717, 1.165) is 0 Å². The number of amides is 1. The highest BCUT2D eigenvalue weighted by atomic mass is 32.2. The summed E-state index contributed by atoms with van der Waals surface area (Å²) >= 11 is 0. The summed E-state index contributed by atoms with van der Waals surface area (Å²) in [6, 6.07) is 0. The Morgan fingerprint density at radius 1 is 1.30 bits per heavy atom. The Morgan fingerprint density at radius 2 is 1.90 bits per heavy atom. The Hall–Kier alpha value is -1.15. The standard InChI is InChI=1S/C12H23NO6S/c1-10(14)13-7-4-8-20(17,18)19-9-12(2,3)6-5-11(15)16/h4-9H2,1-3H3,(H,13,14)(H,15,16). The van der Waals surface area contributed by atoms with E-state index >= 15 is 0 Å². The van der Waals surface area contributed by atoms with Gasteiger partial charge in [-0.1, -0.05) is 13.8 Å². The van der Waals surface area contributed by atoms with E-state index in [4.69, 9.17) is 9.29 Å². The van der Waals surface area contributed by atoms with Crippen molar-refractivity contribution in [1.82, 2.24) is 5.32 Å². The first-order valence-electron chi connectivity index (χ1n) is 6.37. The third kappa shape index (κ3) is 10.7. The van der Waals surface area contributed by atoms with Gasteiger partial charge in [-0.05, 0) is 18.3 Å². The van der Waals surface area contributed by atoms with Crippen LogP contribution in [-0.4, -0.2) is 44.3 Å². The van der Waals surface area contributed by atoms with Crippen LogP contribution in [0.3, 0.4) is 0 Å².